The quantitative estimate of drug-likeness (QED) is 0.791. The summed E-state index contributed by atoms with van der Waals surface area (Å²) < 4.78 is 18.6. The molecule has 1 aromatic carbocycles. The summed E-state index contributed by atoms with van der Waals surface area (Å²) in [6, 6.07) is 10.9. The molecule has 2 aliphatic rings. The molecule has 3 nitrogen and oxygen atoms in total. The van der Waals surface area contributed by atoms with Gasteiger partial charge in [-0.3, -0.25) is 0 Å². The van der Waals surface area contributed by atoms with E-state index in [1.807, 2.05) is 0 Å². The SMILES string of the molecule is CO[C@]1(C)OC[C@@]2(C)O[C@@H](C)[C@]1(C)[C@@H]2[Si](C)(C)c1ccccc1. The first-order valence-corrected chi connectivity index (χ1v) is 11.6. The van der Waals surface area contributed by atoms with E-state index in [1.165, 1.54) is 5.19 Å². The molecule has 2 bridgehead atoms. The predicted octanol–water partition coefficient (Wildman–Crippen LogP) is 3.55. The van der Waals surface area contributed by atoms with E-state index in [9.17, 15) is 0 Å². The minimum atomic E-state index is -1.82. The number of methoxy groups -OCH3 is 1. The van der Waals surface area contributed by atoms with Gasteiger partial charge in [-0.15, -0.1) is 0 Å². The lowest BCUT2D eigenvalue weighted by atomic mass is 9.70. The van der Waals surface area contributed by atoms with E-state index < -0.39 is 13.9 Å². The molecule has 2 saturated heterocycles. The molecule has 0 aliphatic carbocycles. The van der Waals surface area contributed by atoms with Gasteiger partial charge in [0.25, 0.3) is 0 Å². The van der Waals surface area contributed by atoms with Crippen LogP contribution in [0.1, 0.15) is 27.7 Å². The highest BCUT2D eigenvalue weighted by Crippen LogP contribution is 2.65. The number of hydrogen-bond acceptors (Lipinski definition) is 3. The lowest BCUT2D eigenvalue weighted by molar-refractivity contribution is -0.294. The van der Waals surface area contributed by atoms with Crippen molar-refractivity contribution in [2.75, 3.05) is 13.7 Å². The first-order valence-electron chi connectivity index (χ1n) is 8.54. The molecule has 0 N–H and O–H groups in total. The van der Waals surface area contributed by atoms with Crippen LogP contribution in [0.2, 0.25) is 18.6 Å². The number of rotatable bonds is 3. The molecule has 0 unspecified atom stereocenters. The van der Waals surface area contributed by atoms with Crippen molar-refractivity contribution in [1.82, 2.24) is 0 Å². The van der Waals surface area contributed by atoms with Gasteiger partial charge in [0.05, 0.1) is 31.8 Å². The molecule has 23 heavy (non-hydrogen) atoms. The average molecular weight is 335 g/mol. The molecule has 4 heteroatoms. The van der Waals surface area contributed by atoms with Crippen LogP contribution in [-0.2, 0) is 14.2 Å². The second-order valence-corrected chi connectivity index (χ2v) is 12.9. The van der Waals surface area contributed by atoms with Crippen LogP contribution in [0.25, 0.3) is 0 Å². The highest BCUT2D eigenvalue weighted by molar-refractivity contribution is 6.91. The van der Waals surface area contributed by atoms with Crippen LogP contribution in [0, 0.1) is 5.41 Å². The Labute approximate surface area is 141 Å². The summed E-state index contributed by atoms with van der Waals surface area (Å²) in [6.07, 6.45) is 0.0976. The minimum Gasteiger partial charge on any atom is -0.369 e. The maximum absolute atomic E-state index is 6.52. The van der Waals surface area contributed by atoms with Crippen LogP contribution >= 0.6 is 0 Å². The molecule has 1 aromatic rings. The van der Waals surface area contributed by atoms with Crippen LogP contribution < -0.4 is 5.19 Å². The molecule has 0 saturated carbocycles. The molecule has 0 spiro atoms. The first-order chi connectivity index (χ1) is 10.6. The summed E-state index contributed by atoms with van der Waals surface area (Å²) in [5.74, 6) is -0.619. The Morgan fingerprint density at radius 2 is 1.74 bits per heavy atom. The fourth-order valence-corrected chi connectivity index (χ4v) is 10.5. The Hall–Kier alpha value is -0.683. The smallest absolute Gasteiger partial charge is 0.173 e. The van der Waals surface area contributed by atoms with Gasteiger partial charge in [0, 0.05) is 12.7 Å². The Balaban J connectivity index is 2.17. The molecule has 2 fully saturated rings. The van der Waals surface area contributed by atoms with Crippen molar-refractivity contribution in [2.45, 2.75) is 63.8 Å². The van der Waals surface area contributed by atoms with Gasteiger partial charge in [0.15, 0.2) is 5.79 Å². The van der Waals surface area contributed by atoms with Crippen molar-refractivity contribution in [1.29, 1.82) is 0 Å². The second kappa shape index (κ2) is 5.15. The van der Waals surface area contributed by atoms with Crippen LogP contribution in [0.4, 0.5) is 0 Å². The summed E-state index contributed by atoms with van der Waals surface area (Å²) >= 11 is 0. The molecule has 2 aliphatic heterocycles. The zero-order valence-electron chi connectivity index (χ0n) is 15.5. The van der Waals surface area contributed by atoms with E-state index in [0.717, 1.165) is 0 Å². The molecule has 128 valence electrons. The summed E-state index contributed by atoms with van der Waals surface area (Å²) in [4.78, 5) is 0. The van der Waals surface area contributed by atoms with E-state index >= 15 is 0 Å². The molecule has 3 rings (SSSR count). The molecule has 2 heterocycles. The molecular formula is C19H30O3Si. The van der Waals surface area contributed by atoms with Crippen LogP contribution in [0.3, 0.4) is 0 Å². The Kier molecular flexibility index (Phi) is 3.84. The zero-order chi connectivity index (χ0) is 17.1. The summed E-state index contributed by atoms with van der Waals surface area (Å²) in [5.41, 5.74) is -0.0171. The lowest BCUT2D eigenvalue weighted by Crippen LogP contribution is -2.67. The van der Waals surface area contributed by atoms with Crippen LogP contribution in [0.5, 0.6) is 0 Å². The minimum absolute atomic E-state index is 0.0976. The largest absolute Gasteiger partial charge is 0.369 e. The fourth-order valence-electron chi connectivity index (χ4n) is 5.47. The standard InChI is InChI=1S/C19H30O3Si/c1-14-18(3)16(23(6,7)15-11-9-8-10-12-15)17(2,22-14)13-21-19(18,4)20-5/h8-12,14,16H,13H2,1-7H3/t14-,16+,17+,18+,19+/m0/s1. The summed E-state index contributed by atoms with van der Waals surface area (Å²) in [7, 11) is -0.0618. The van der Waals surface area contributed by atoms with Gasteiger partial charge in [-0.1, -0.05) is 55.5 Å². The molecule has 0 radical (unpaired) electrons. The van der Waals surface area contributed by atoms with E-state index in [0.29, 0.717) is 12.1 Å². The van der Waals surface area contributed by atoms with Crippen molar-refractivity contribution in [3.8, 4) is 0 Å². The van der Waals surface area contributed by atoms with Crippen molar-refractivity contribution >= 4 is 13.3 Å². The third kappa shape index (κ3) is 2.12. The second-order valence-electron chi connectivity index (χ2n) is 8.31. The molecule has 0 aromatic heterocycles. The topological polar surface area (TPSA) is 27.7 Å². The monoisotopic (exact) mass is 334 g/mol. The molecular weight excluding hydrogens is 304 g/mol. The fraction of sp³-hybridized carbons (Fsp3) is 0.684. The normalized spacial score (nSPS) is 43.6. The van der Waals surface area contributed by atoms with E-state index in [1.54, 1.807) is 7.11 Å². The molecule has 0 amide bonds. The maximum Gasteiger partial charge on any atom is 0.173 e. The van der Waals surface area contributed by atoms with E-state index in [2.05, 4.69) is 71.1 Å². The lowest BCUT2D eigenvalue weighted by Gasteiger charge is -2.57. The van der Waals surface area contributed by atoms with Gasteiger partial charge in [-0.05, 0) is 20.8 Å². The average Bonchev–Trinajstić information content (AvgIpc) is 2.69. The predicted molar refractivity (Wildman–Crippen MR) is 95.7 cm³/mol. The number of benzene rings is 1. The van der Waals surface area contributed by atoms with Crippen molar-refractivity contribution in [3.05, 3.63) is 30.3 Å². The van der Waals surface area contributed by atoms with Crippen molar-refractivity contribution in [3.63, 3.8) is 0 Å². The zero-order valence-corrected chi connectivity index (χ0v) is 16.5. The highest BCUT2D eigenvalue weighted by Gasteiger charge is 2.73. The summed E-state index contributed by atoms with van der Waals surface area (Å²) in [5, 5.41) is 1.47. The number of ether oxygens (including phenoxy) is 3. The third-order valence-electron chi connectivity index (χ3n) is 6.74. The van der Waals surface area contributed by atoms with Crippen molar-refractivity contribution < 1.29 is 14.2 Å². The van der Waals surface area contributed by atoms with Gasteiger partial charge in [-0.2, -0.15) is 0 Å². The van der Waals surface area contributed by atoms with E-state index in [4.69, 9.17) is 14.2 Å². The van der Waals surface area contributed by atoms with Gasteiger partial charge >= 0.3 is 0 Å². The Morgan fingerprint density at radius 1 is 1.13 bits per heavy atom. The molecule has 5 atom stereocenters. The van der Waals surface area contributed by atoms with Crippen LogP contribution in [-0.4, -0.2) is 39.3 Å². The number of fused-ring (bicyclic) bond motifs is 2. The van der Waals surface area contributed by atoms with Gasteiger partial charge in [0.2, 0.25) is 0 Å². The first kappa shape index (κ1) is 17.2. The Bertz CT molecular complexity index is 590. The highest BCUT2D eigenvalue weighted by atomic mass is 28.3. The third-order valence-corrected chi connectivity index (χ3v) is 11.2. The Morgan fingerprint density at radius 3 is 2.30 bits per heavy atom. The van der Waals surface area contributed by atoms with E-state index in [-0.39, 0.29) is 17.1 Å². The summed E-state index contributed by atoms with van der Waals surface area (Å²) in [6.45, 7) is 14.3. The maximum atomic E-state index is 6.52. The van der Waals surface area contributed by atoms with Gasteiger partial charge in [0.1, 0.15) is 0 Å². The van der Waals surface area contributed by atoms with Crippen LogP contribution in [0.15, 0.2) is 30.3 Å². The van der Waals surface area contributed by atoms with Gasteiger partial charge in [-0.25, -0.2) is 0 Å². The van der Waals surface area contributed by atoms with Gasteiger partial charge < -0.3 is 14.2 Å². The van der Waals surface area contributed by atoms with Crippen molar-refractivity contribution in [2.24, 2.45) is 5.41 Å². The number of hydrogen-bond donors (Lipinski definition) is 0.